The van der Waals surface area contributed by atoms with Gasteiger partial charge in [0.1, 0.15) is 11.8 Å². The number of rotatable bonds is 3. The summed E-state index contributed by atoms with van der Waals surface area (Å²) in [7, 11) is 0. The first-order valence-corrected chi connectivity index (χ1v) is 9.03. The van der Waals surface area contributed by atoms with E-state index in [1.165, 1.54) is 17.4 Å². The number of Topliss-reactive ketones (excluding diaryl/α,β-unsaturated/α-hetero) is 1. The van der Waals surface area contributed by atoms with E-state index in [-0.39, 0.29) is 11.5 Å². The number of aryl methyl sites for hydroxylation is 1. The fraction of sp³-hybridized carbons (Fsp3) is 0.250. The maximum atomic E-state index is 12.7. The van der Waals surface area contributed by atoms with Crippen molar-refractivity contribution in [1.29, 1.82) is 0 Å². The first kappa shape index (κ1) is 17.8. The molecule has 142 valence electrons. The lowest BCUT2D eigenvalue weighted by atomic mass is 10.1. The molecule has 1 saturated heterocycles. The van der Waals surface area contributed by atoms with Gasteiger partial charge in [0.25, 0.3) is 17.6 Å². The Morgan fingerprint density at radius 3 is 2.36 bits per heavy atom. The number of piperazine rings is 1. The number of hydrogen-bond acceptors (Lipinski definition) is 5. The van der Waals surface area contributed by atoms with E-state index in [1.54, 1.807) is 24.0 Å². The van der Waals surface area contributed by atoms with E-state index < -0.39 is 11.7 Å². The molecule has 28 heavy (non-hydrogen) atoms. The molecule has 0 atom stereocenters. The lowest BCUT2D eigenvalue weighted by Crippen LogP contribution is -2.52. The van der Waals surface area contributed by atoms with Crippen LogP contribution in [0.2, 0.25) is 0 Å². The molecule has 0 bridgehead atoms. The Hall–Kier alpha value is -3.55. The summed E-state index contributed by atoms with van der Waals surface area (Å²) in [4.78, 5) is 52.3. The lowest BCUT2D eigenvalue weighted by Gasteiger charge is -2.34. The van der Waals surface area contributed by atoms with Crippen LogP contribution in [-0.4, -0.2) is 68.5 Å². The lowest BCUT2D eigenvalue weighted by molar-refractivity contribution is -0.127. The monoisotopic (exact) mass is 377 g/mol. The van der Waals surface area contributed by atoms with Crippen molar-refractivity contribution < 1.29 is 14.4 Å². The normalized spacial score (nSPS) is 14.3. The molecule has 3 aromatic rings. The van der Waals surface area contributed by atoms with Crippen molar-refractivity contribution in [2.45, 2.75) is 6.92 Å². The molecule has 1 aliphatic heterocycles. The second-order valence-electron chi connectivity index (χ2n) is 6.66. The van der Waals surface area contributed by atoms with Crippen LogP contribution in [0, 0.1) is 6.92 Å². The highest BCUT2D eigenvalue weighted by Crippen LogP contribution is 2.19. The minimum Gasteiger partial charge on any atom is -0.358 e. The van der Waals surface area contributed by atoms with Crippen molar-refractivity contribution in [3.05, 3.63) is 59.7 Å². The molecule has 1 fully saturated rings. The number of ketones is 1. The minimum absolute atomic E-state index is 0.0668. The van der Waals surface area contributed by atoms with E-state index in [1.807, 2.05) is 18.2 Å². The van der Waals surface area contributed by atoms with E-state index in [0.29, 0.717) is 48.5 Å². The van der Waals surface area contributed by atoms with Gasteiger partial charge in [-0.2, -0.15) is 0 Å². The van der Waals surface area contributed by atoms with Gasteiger partial charge in [-0.05, 0) is 19.1 Å². The van der Waals surface area contributed by atoms with Crippen LogP contribution in [0.15, 0.2) is 42.9 Å². The fourth-order valence-electron chi connectivity index (χ4n) is 3.37. The molecule has 2 aromatic heterocycles. The number of benzene rings is 1. The highest BCUT2D eigenvalue weighted by molar-refractivity contribution is 6.44. The predicted octanol–water partition coefficient (Wildman–Crippen LogP) is 1.43. The molecule has 3 heterocycles. The number of amides is 2. The Kier molecular flexibility index (Phi) is 4.60. The van der Waals surface area contributed by atoms with Gasteiger partial charge >= 0.3 is 0 Å². The summed E-state index contributed by atoms with van der Waals surface area (Å²) < 4.78 is 0. The van der Waals surface area contributed by atoms with Gasteiger partial charge in [-0.25, -0.2) is 9.97 Å². The second-order valence-corrected chi connectivity index (χ2v) is 6.66. The molecule has 8 heteroatoms. The zero-order valence-electron chi connectivity index (χ0n) is 15.4. The van der Waals surface area contributed by atoms with Crippen LogP contribution in [0.1, 0.15) is 26.4 Å². The Morgan fingerprint density at radius 1 is 0.964 bits per heavy atom. The quantitative estimate of drug-likeness (QED) is 0.550. The van der Waals surface area contributed by atoms with E-state index in [2.05, 4.69) is 15.0 Å². The average Bonchev–Trinajstić information content (AvgIpc) is 3.18. The molecule has 4 rings (SSSR count). The number of aromatic amines is 1. The van der Waals surface area contributed by atoms with Crippen molar-refractivity contribution in [1.82, 2.24) is 24.8 Å². The first-order valence-electron chi connectivity index (χ1n) is 9.03. The Balaban J connectivity index is 1.44. The zero-order chi connectivity index (χ0) is 19.7. The summed E-state index contributed by atoms with van der Waals surface area (Å²) in [6.07, 6.45) is 2.88. The van der Waals surface area contributed by atoms with Gasteiger partial charge in [-0.1, -0.05) is 18.2 Å². The van der Waals surface area contributed by atoms with Crippen LogP contribution in [0.25, 0.3) is 11.0 Å². The fourth-order valence-corrected chi connectivity index (χ4v) is 3.37. The molecule has 0 unspecified atom stereocenters. The Labute approximate surface area is 161 Å². The van der Waals surface area contributed by atoms with Crippen LogP contribution >= 0.6 is 0 Å². The zero-order valence-corrected chi connectivity index (χ0v) is 15.4. The molecular weight excluding hydrogens is 358 g/mol. The Bertz CT molecular complexity index is 1050. The molecule has 1 aliphatic rings. The van der Waals surface area contributed by atoms with Gasteiger partial charge in [-0.15, -0.1) is 0 Å². The molecule has 1 N–H and O–H groups in total. The number of H-pyrrole nitrogens is 1. The number of carbonyl (C=O) groups excluding carboxylic acids is 3. The minimum atomic E-state index is -0.604. The van der Waals surface area contributed by atoms with Gasteiger partial charge in [0.15, 0.2) is 0 Å². The molecule has 2 amide bonds. The number of nitrogens with one attached hydrogen (secondary N) is 1. The average molecular weight is 377 g/mol. The van der Waals surface area contributed by atoms with E-state index in [4.69, 9.17) is 0 Å². The molecule has 0 saturated carbocycles. The highest BCUT2D eigenvalue weighted by atomic mass is 16.2. The number of fused-ring (bicyclic) bond motifs is 1. The number of nitrogens with zero attached hydrogens (tertiary/aromatic N) is 4. The first-order chi connectivity index (χ1) is 13.6. The summed E-state index contributed by atoms with van der Waals surface area (Å²) in [5.74, 6) is -1.25. The molecule has 8 nitrogen and oxygen atoms in total. The smallest absolute Gasteiger partial charge is 0.295 e. The molecule has 0 radical (unpaired) electrons. The maximum Gasteiger partial charge on any atom is 0.295 e. The van der Waals surface area contributed by atoms with Crippen molar-refractivity contribution in [2.75, 3.05) is 26.2 Å². The summed E-state index contributed by atoms with van der Waals surface area (Å²) in [5, 5.41) is 0. The van der Waals surface area contributed by atoms with Crippen molar-refractivity contribution >= 4 is 28.6 Å². The van der Waals surface area contributed by atoms with Gasteiger partial charge in [-0.3, -0.25) is 14.4 Å². The standard InChI is InChI=1S/C20H19N5O3/c1-13-16-17(23-12-22-13)15(11-21-16)18(26)20(28)25-9-7-24(8-10-25)19(27)14-5-3-2-4-6-14/h2-6,11-12,21H,7-10H2,1H3. The van der Waals surface area contributed by atoms with Crippen LogP contribution in [-0.2, 0) is 4.79 Å². The van der Waals surface area contributed by atoms with Gasteiger partial charge in [0.05, 0.1) is 16.8 Å². The van der Waals surface area contributed by atoms with Gasteiger partial charge in [0, 0.05) is 37.9 Å². The van der Waals surface area contributed by atoms with Gasteiger partial charge < -0.3 is 14.8 Å². The van der Waals surface area contributed by atoms with E-state index in [0.717, 1.165) is 0 Å². The van der Waals surface area contributed by atoms with Crippen LogP contribution in [0.4, 0.5) is 0 Å². The number of carbonyl (C=O) groups is 3. The van der Waals surface area contributed by atoms with Crippen molar-refractivity contribution in [3.8, 4) is 0 Å². The maximum absolute atomic E-state index is 12.7. The van der Waals surface area contributed by atoms with E-state index in [9.17, 15) is 14.4 Å². The molecule has 0 spiro atoms. The molecule has 0 aliphatic carbocycles. The summed E-state index contributed by atoms with van der Waals surface area (Å²) >= 11 is 0. The third-order valence-corrected chi connectivity index (χ3v) is 4.97. The second kappa shape index (κ2) is 7.22. The third-order valence-electron chi connectivity index (χ3n) is 4.97. The summed E-state index contributed by atoms with van der Waals surface area (Å²) in [6.45, 7) is 3.22. The van der Waals surface area contributed by atoms with Crippen molar-refractivity contribution in [2.24, 2.45) is 0 Å². The molecule has 1 aromatic carbocycles. The summed E-state index contributed by atoms with van der Waals surface area (Å²) in [6, 6.07) is 9.03. The van der Waals surface area contributed by atoms with Crippen LogP contribution in [0.3, 0.4) is 0 Å². The number of aromatic nitrogens is 3. The molecular formula is C20H19N5O3. The van der Waals surface area contributed by atoms with Crippen LogP contribution < -0.4 is 0 Å². The van der Waals surface area contributed by atoms with E-state index >= 15 is 0 Å². The topological polar surface area (TPSA) is 99.3 Å². The highest BCUT2D eigenvalue weighted by Gasteiger charge is 2.30. The predicted molar refractivity (Wildman–Crippen MR) is 102 cm³/mol. The van der Waals surface area contributed by atoms with Crippen LogP contribution in [0.5, 0.6) is 0 Å². The largest absolute Gasteiger partial charge is 0.358 e. The number of hydrogen-bond donors (Lipinski definition) is 1. The summed E-state index contributed by atoms with van der Waals surface area (Å²) in [5.41, 5.74) is 2.67. The van der Waals surface area contributed by atoms with Crippen molar-refractivity contribution in [3.63, 3.8) is 0 Å². The SMILES string of the molecule is Cc1ncnc2c(C(=O)C(=O)N3CCN(C(=O)c4ccccc4)CC3)c[nH]c12. The third kappa shape index (κ3) is 3.13. The van der Waals surface area contributed by atoms with Gasteiger partial charge in [0.2, 0.25) is 0 Å². The Morgan fingerprint density at radius 2 is 1.64 bits per heavy atom.